The fourth-order valence-electron chi connectivity index (χ4n) is 2.25. The maximum Gasteiger partial charge on any atom is 0.133 e. The zero-order valence-corrected chi connectivity index (χ0v) is 11.7. The average Bonchev–Trinajstić information content (AvgIpc) is 2.39. The van der Waals surface area contributed by atoms with Gasteiger partial charge >= 0.3 is 0 Å². The SMILES string of the molecule is Cc1cc(C)c(CN)c(N(C)Cc2ccncc2)n1. The summed E-state index contributed by atoms with van der Waals surface area (Å²) in [6.07, 6.45) is 3.61. The summed E-state index contributed by atoms with van der Waals surface area (Å²) in [4.78, 5) is 10.8. The molecule has 0 aliphatic heterocycles. The lowest BCUT2D eigenvalue weighted by Crippen LogP contribution is -2.21. The summed E-state index contributed by atoms with van der Waals surface area (Å²) in [6.45, 7) is 5.40. The van der Waals surface area contributed by atoms with E-state index in [-0.39, 0.29) is 0 Å². The van der Waals surface area contributed by atoms with E-state index in [1.165, 1.54) is 11.1 Å². The standard InChI is InChI=1S/C15H20N4/c1-11-8-12(2)18-15(14(11)9-16)19(3)10-13-4-6-17-7-5-13/h4-8H,9-10,16H2,1-3H3. The summed E-state index contributed by atoms with van der Waals surface area (Å²) in [5, 5.41) is 0. The number of nitrogens with zero attached hydrogens (tertiary/aromatic N) is 3. The summed E-state index contributed by atoms with van der Waals surface area (Å²) in [6, 6.07) is 6.11. The summed E-state index contributed by atoms with van der Waals surface area (Å²) >= 11 is 0. The fraction of sp³-hybridized carbons (Fsp3) is 0.333. The molecule has 19 heavy (non-hydrogen) atoms. The smallest absolute Gasteiger partial charge is 0.133 e. The van der Waals surface area contributed by atoms with Gasteiger partial charge in [0.1, 0.15) is 5.82 Å². The second-order valence-corrected chi connectivity index (χ2v) is 4.80. The normalized spacial score (nSPS) is 10.5. The van der Waals surface area contributed by atoms with Crippen molar-refractivity contribution in [3.05, 3.63) is 53.0 Å². The van der Waals surface area contributed by atoms with Crippen molar-refractivity contribution in [3.63, 3.8) is 0 Å². The Labute approximate surface area is 114 Å². The van der Waals surface area contributed by atoms with Crippen LogP contribution in [0, 0.1) is 13.8 Å². The average molecular weight is 256 g/mol. The van der Waals surface area contributed by atoms with E-state index < -0.39 is 0 Å². The molecular weight excluding hydrogens is 236 g/mol. The highest BCUT2D eigenvalue weighted by molar-refractivity contribution is 5.51. The van der Waals surface area contributed by atoms with Gasteiger partial charge in [0.15, 0.2) is 0 Å². The van der Waals surface area contributed by atoms with Gasteiger partial charge in [0.25, 0.3) is 0 Å². The number of hydrogen-bond donors (Lipinski definition) is 1. The predicted octanol–water partition coefficient (Wildman–Crippen LogP) is 2.19. The van der Waals surface area contributed by atoms with Crippen LogP contribution in [-0.2, 0) is 13.1 Å². The van der Waals surface area contributed by atoms with Crippen molar-refractivity contribution in [1.29, 1.82) is 0 Å². The van der Waals surface area contributed by atoms with E-state index >= 15 is 0 Å². The van der Waals surface area contributed by atoms with Gasteiger partial charge in [-0.05, 0) is 43.2 Å². The van der Waals surface area contributed by atoms with Gasteiger partial charge in [0, 0.05) is 43.8 Å². The van der Waals surface area contributed by atoms with E-state index in [0.717, 1.165) is 23.6 Å². The number of anilines is 1. The molecular formula is C15H20N4. The molecule has 0 saturated carbocycles. The highest BCUT2D eigenvalue weighted by Crippen LogP contribution is 2.22. The van der Waals surface area contributed by atoms with E-state index in [0.29, 0.717) is 6.54 Å². The Morgan fingerprint density at radius 2 is 1.89 bits per heavy atom. The maximum absolute atomic E-state index is 5.86. The molecule has 0 fully saturated rings. The molecule has 0 bridgehead atoms. The first-order valence-corrected chi connectivity index (χ1v) is 6.39. The Kier molecular flexibility index (Phi) is 4.12. The van der Waals surface area contributed by atoms with Crippen LogP contribution >= 0.6 is 0 Å². The number of aromatic nitrogens is 2. The summed E-state index contributed by atoms with van der Waals surface area (Å²) in [5.74, 6) is 0.969. The molecule has 0 unspecified atom stereocenters. The van der Waals surface area contributed by atoms with Crippen molar-refractivity contribution in [3.8, 4) is 0 Å². The van der Waals surface area contributed by atoms with E-state index in [2.05, 4.69) is 27.9 Å². The molecule has 0 aromatic carbocycles. The quantitative estimate of drug-likeness (QED) is 0.911. The van der Waals surface area contributed by atoms with E-state index in [4.69, 9.17) is 5.73 Å². The Balaban J connectivity index is 2.30. The summed E-state index contributed by atoms with van der Waals surface area (Å²) in [5.41, 5.74) is 10.4. The highest BCUT2D eigenvalue weighted by Gasteiger charge is 2.12. The molecule has 2 aromatic rings. The molecule has 0 saturated heterocycles. The monoisotopic (exact) mass is 256 g/mol. The van der Waals surface area contributed by atoms with Crippen molar-refractivity contribution < 1.29 is 0 Å². The molecule has 2 heterocycles. The van der Waals surface area contributed by atoms with Crippen LogP contribution in [0.3, 0.4) is 0 Å². The first kappa shape index (κ1) is 13.5. The molecule has 4 nitrogen and oxygen atoms in total. The molecule has 2 N–H and O–H groups in total. The third kappa shape index (κ3) is 3.09. The Bertz CT molecular complexity index is 552. The fourth-order valence-corrected chi connectivity index (χ4v) is 2.25. The largest absolute Gasteiger partial charge is 0.355 e. The molecule has 0 spiro atoms. The van der Waals surface area contributed by atoms with Crippen LogP contribution in [-0.4, -0.2) is 17.0 Å². The van der Waals surface area contributed by atoms with Crippen LogP contribution in [0.25, 0.3) is 0 Å². The lowest BCUT2D eigenvalue weighted by Gasteiger charge is -2.22. The number of pyridine rings is 2. The summed E-state index contributed by atoms with van der Waals surface area (Å²) < 4.78 is 0. The minimum Gasteiger partial charge on any atom is -0.355 e. The van der Waals surface area contributed by atoms with Gasteiger partial charge in [-0.3, -0.25) is 4.98 Å². The van der Waals surface area contributed by atoms with Crippen LogP contribution in [0.1, 0.15) is 22.4 Å². The van der Waals surface area contributed by atoms with Gasteiger partial charge in [-0.25, -0.2) is 4.98 Å². The maximum atomic E-state index is 5.86. The minimum absolute atomic E-state index is 0.509. The van der Waals surface area contributed by atoms with Crippen LogP contribution in [0.15, 0.2) is 30.6 Å². The number of rotatable bonds is 4. The minimum atomic E-state index is 0.509. The number of hydrogen-bond acceptors (Lipinski definition) is 4. The Hall–Kier alpha value is -1.94. The zero-order valence-electron chi connectivity index (χ0n) is 11.7. The Morgan fingerprint density at radius 3 is 2.53 bits per heavy atom. The van der Waals surface area contributed by atoms with Crippen molar-refractivity contribution in [2.75, 3.05) is 11.9 Å². The molecule has 2 aromatic heterocycles. The topological polar surface area (TPSA) is 55.0 Å². The van der Waals surface area contributed by atoms with Crippen LogP contribution < -0.4 is 10.6 Å². The van der Waals surface area contributed by atoms with Gasteiger partial charge in [-0.1, -0.05) is 0 Å². The van der Waals surface area contributed by atoms with Gasteiger partial charge in [0.2, 0.25) is 0 Å². The molecule has 0 atom stereocenters. The third-order valence-electron chi connectivity index (χ3n) is 3.19. The van der Waals surface area contributed by atoms with Gasteiger partial charge in [-0.2, -0.15) is 0 Å². The van der Waals surface area contributed by atoms with E-state index in [1.807, 2.05) is 38.5 Å². The molecule has 0 aliphatic rings. The molecule has 100 valence electrons. The molecule has 0 aliphatic carbocycles. The van der Waals surface area contributed by atoms with Gasteiger partial charge < -0.3 is 10.6 Å². The van der Waals surface area contributed by atoms with Crippen LogP contribution in [0.4, 0.5) is 5.82 Å². The van der Waals surface area contributed by atoms with Crippen molar-refractivity contribution in [1.82, 2.24) is 9.97 Å². The molecule has 4 heteroatoms. The van der Waals surface area contributed by atoms with Crippen molar-refractivity contribution >= 4 is 5.82 Å². The molecule has 0 amide bonds. The van der Waals surface area contributed by atoms with Crippen molar-refractivity contribution in [2.45, 2.75) is 26.9 Å². The first-order valence-electron chi connectivity index (χ1n) is 6.39. The lowest BCUT2D eigenvalue weighted by molar-refractivity contribution is 0.863. The van der Waals surface area contributed by atoms with E-state index in [1.54, 1.807) is 0 Å². The highest BCUT2D eigenvalue weighted by atomic mass is 15.2. The third-order valence-corrected chi connectivity index (χ3v) is 3.19. The Morgan fingerprint density at radius 1 is 1.21 bits per heavy atom. The first-order chi connectivity index (χ1) is 9.11. The second-order valence-electron chi connectivity index (χ2n) is 4.80. The van der Waals surface area contributed by atoms with Gasteiger partial charge in [0.05, 0.1) is 0 Å². The molecule has 2 rings (SSSR count). The second kappa shape index (κ2) is 5.80. The number of aryl methyl sites for hydroxylation is 2. The summed E-state index contributed by atoms with van der Waals surface area (Å²) in [7, 11) is 2.04. The van der Waals surface area contributed by atoms with E-state index in [9.17, 15) is 0 Å². The van der Waals surface area contributed by atoms with Crippen LogP contribution in [0.2, 0.25) is 0 Å². The zero-order chi connectivity index (χ0) is 13.8. The van der Waals surface area contributed by atoms with Crippen molar-refractivity contribution in [2.24, 2.45) is 5.73 Å². The molecule has 0 radical (unpaired) electrons. The van der Waals surface area contributed by atoms with Crippen LogP contribution in [0.5, 0.6) is 0 Å². The van der Waals surface area contributed by atoms with Gasteiger partial charge in [-0.15, -0.1) is 0 Å². The lowest BCUT2D eigenvalue weighted by atomic mass is 10.1. The number of nitrogens with two attached hydrogens (primary N) is 1. The predicted molar refractivity (Wildman–Crippen MR) is 77.9 cm³/mol.